The van der Waals surface area contributed by atoms with Crippen molar-refractivity contribution in [1.29, 1.82) is 0 Å². The van der Waals surface area contributed by atoms with Crippen LogP contribution in [0.4, 0.5) is 0 Å². The standard InChI is InChI=1S/C20H29N3O3/c1-17(24)21(11-6-9-19-7-4-3-5-8-19)12-10-20(26)23-15-13-22(14-16-23)18(2)25/h3-5,7-8H,6,9-16H2,1-2H3. The Morgan fingerprint density at radius 1 is 0.923 bits per heavy atom. The minimum Gasteiger partial charge on any atom is -0.342 e. The van der Waals surface area contributed by atoms with Crippen molar-refractivity contribution < 1.29 is 14.4 Å². The van der Waals surface area contributed by atoms with E-state index in [1.165, 1.54) is 5.56 Å². The fourth-order valence-corrected chi connectivity index (χ4v) is 3.20. The highest BCUT2D eigenvalue weighted by Crippen LogP contribution is 2.07. The third-order valence-corrected chi connectivity index (χ3v) is 4.85. The second-order valence-corrected chi connectivity index (χ2v) is 6.73. The third kappa shape index (κ3) is 6.17. The van der Waals surface area contributed by atoms with Crippen LogP contribution in [0.5, 0.6) is 0 Å². The van der Waals surface area contributed by atoms with Crippen molar-refractivity contribution in [3.05, 3.63) is 35.9 Å². The summed E-state index contributed by atoms with van der Waals surface area (Å²) in [7, 11) is 0. The maximum Gasteiger partial charge on any atom is 0.224 e. The van der Waals surface area contributed by atoms with E-state index in [2.05, 4.69) is 12.1 Å². The summed E-state index contributed by atoms with van der Waals surface area (Å²) in [6.45, 7) is 6.56. The molecule has 6 heteroatoms. The Balaban J connectivity index is 1.73. The van der Waals surface area contributed by atoms with Gasteiger partial charge in [-0.2, -0.15) is 0 Å². The quantitative estimate of drug-likeness (QED) is 0.742. The molecule has 1 aromatic rings. The van der Waals surface area contributed by atoms with Gasteiger partial charge in [-0.15, -0.1) is 0 Å². The molecule has 1 saturated heterocycles. The molecule has 142 valence electrons. The van der Waals surface area contributed by atoms with E-state index in [9.17, 15) is 14.4 Å². The number of amides is 3. The topological polar surface area (TPSA) is 60.9 Å². The van der Waals surface area contributed by atoms with Crippen LogP contribution in [0.1, 0.15) is 32.3 Å². The Labute approximate surface area is 155 Å². The molecule has 1 fully saturated rings. The number of benzene rings is 1. The van der Waals surface area contributed by atoms with Gasteiger partial charge in [-0.3, -0.25) is 14.4 Å². The monoisotopic (exact) mass is 359 g/mol. The van der Waals surface area contributed by atoms with Gasteiger partial charge in [0, 0.05) is 59.5 Å². The molecule has 6 nitrogen and oxygen atoms in total. The minimum atomic E-state index is 0.00672. The van der Waals surface area contributed by atoms with E-state index < -0.39 is 0 Å². The van der Waals surface area contributed by atoms with Gasteiger partial charge in [-0.05, 0) is 18.4 Å². The maximum absolute atomic E-state index is 12.4. The first kappa shape index (κ1) is 19.9. The summed E-state index contributed by atoms with van der Waals surface area (Å²) >= 11 is 0. The number of piperazine rings is 1. The molecule has 0 aliphatic carbocycles. The average molecular weight is 359 g/mol. The summed E-state index contributed by atoms with van der Waals surface area (Å²) in [5, 5.41) is 0. The summed E-state index contributed by atoms with van der Waals surface area (Å²) in [5.41, 5.74) is 1.26. The SMILES string of the molecule is CC(=O)N(CCCc1ccccc1)CCC(=O)N1CCN(C(C)=O)CC1. The normalized spacial score (nSPS) is 14.2. The highest BCUT2D eigenvalue weighted by molar-refractivity contribution is 5.79. The zero-order chi connectivity index (χ0) is 18.9. The number of nitrogens with zero attached hydrogens (tertiary/aromatic N) is 3. The van der Waals surface area contributed by atoms with Gasteiger partial charge in [0.1, 0.15) is 0 Å². The largest absolute Gasteiger partial charge is 0.342 e. The molecule has 0 radical (unpaired) electrons. The van der Waals surface area contributed by atoms with E-state index in [1.54, 1.807) is 28.5 Å². The Bertz CT molecular complexity index is 610. The highest BCUT2D eigenvalue weighted by atomic mass is 16.2. The van der Waals surface area contributed by atoms with E-state index in [-0.39, 0.29) is 17.7 Å². The van der Waals surface area contributed by atoms with Crippen LogP contribution >= 0.6 is 0 Å². The molecular formula is C20H29N3O3. The Hall–Kier alpha value is -2.37. The molecule has 2 rings (SSSR count). The maximum atomic E-state index is 12.4. The third-order valence-electron chi connectivity index (χ3n) is 4.85. The van der Waals surface area contributed by atoms with Crippen molar-refractivity contribution in [1.82, 2.24) is 14.7 Å². The second-order valence-electron chi connectivity index (χ2n) is 6.73. The van der Waals surface area contributed by atoms with Gasteiger partial charge in [0.25, 0.3) is 0 Å². The molecule has 0 N–H and O–H groups in total. The lowest BCUT2D eigenvalue weighted by Gasteiger charge is -2.34. The summed E-state index contributed by atoms with van der Waals surface area (Å²) in [5.74, 6) is 0.119. The van der Waals surface area contributed by atoms with Crippen molar-refractivity contribution in [2.24, 2.45) is 0 Å². The number of aryl methyl sites for hydroxylation is 1. The molecule has 26 heavy (non-hydrogen) atoms. The molecule has 1 aliphatic heterocycles. The molecule has 1 aliphatic rings. The average Bonchev–Trinajstić information content (AvgIpc) is 2.64. The van der Waals surface area contributed by atoms with E-state index in [4.69, 9.17) is 0 Å². The van der Waals surface area contributed by atoms with E-state index in [0.717, 1.165) is 12.8 Å². The molecule has 0 unspecified atom stereocenters. The number of hydrogen-bond acceptors (Lipinski definition) is 3. The first-order valence-electron chi connectivity index (χ1n) is 9.30. The molecule has 1 heterocycles. The highest BCUT2D eigenvalue weighted by Gasteiger charge is 2.22. The lowest BCUT2D eigenvalue weighted by Crippen LogP contribution is -2.50. The van der Waals surface area contributed by atoms with Crippen LogP contribution in [0.15, 0.2) is 30.3 Å². The van der Waals surface area contributed by atoms with Gasteiger partial charge in [0.15, 0.2) is 0 Å². The number of hydrogen-bond donors (Lipinski definition) is 0. The predicted octanol–water partition coefficient (Wildman–Crippen LogP) is 1.55. The first-order valence-corrected chi connectivity index (χ1v) is 9.30. The minimum absolute atomic E-state index is 0.00672. The molecular weight excluding hydrogens is 330 g/mol. The number of carbonyl (C=O) groups excluding carboxylic acids is 3. The van der Waals surface area contributed by atoms with Gasteiger partial charge >= 0.3 is 0 Å². The Morgan fingerprint density at radius 3 is 2.12 bits per heavy atom. The lowest BCUT2D eigenvalue weighted by molar-refractivity contribution is -0.139. The molecule has 0 atom stereocenters. The summed E-state index contributed by atoms with van der Waals surface area (Å²) < 4.78 is 0. The van der Waals surface area contributed by atoms with Crippen molar-refractivity contribution in [3.8, 4) is 0 Å². The van der Waals surface area contributed by atoms with Gasteiger partial charge < -0.3 is 14.7 Å². The number of carbonyl (C=O) groups is 3. The second kappa shape index (κ2) is 9.94. The van der Waals surface area contributed by atoms with E-state index in [1.807, 2.05) is 18.2 Å². The summed E-state index contributed by atoms with van der Waals surface area (Å²) in [6, 6.07) is 10.2. The summed E-state index contributed by atoms with van der Waals surface area (Å²) in [6.07, 6.45) is 2.14. The van der Waals surface area contributed by atoms with Crippen LogP contribution < -0.4 is 0 Å². The smallest absolute Gasteiger partial charge is 0.224 e. The molecule has 0 spiro atoms. The fourth-order valence-electron chi connectivity index (χ4n) is 3.20. The molecule has 1 aromatic carbocycles. The zero-order valence-electron chi connectivity index (χ0n) is 15.8. The van der Waals surface area contributed by atoms with E-state index >= 15 is 0 Å². The molecule has 0 saturated carbocycles. The van der Waals surface area contributed by atoms with Gasteiger partial charge in [-0.25, -0.2) is 0 Å². The lowest BCUT2D eigenvalue weighted by atomic mass is 10.1. The Kier molecular flexibility index (Phi) is 7.63. The Morgan fingerprint density at radius 2 is 1.54 bits per heavy atom. The van der Waals surface area contributed by atoms with Crippen LogP contribution in [0.2, 0.25) is 0 Å². The van der Waals surface area contributed by atoms with Crippen molar-refractivity contribution >= 4 is 17.7 Å². The molecule has 0 aromatic heterocycles. The van der Waals surface area contributed by atoms with Gasteiger partial charge in [-0.1, -0.05) is 30.3 Å². The zero-order valence-corrected chi connectivity index (χ0v) is 15.8. The van der Waals surface area contributed by atoms with Crippen molar-refractivity contribution in [3.63, 3.8) is 0 Å². The molecule has 0 bridgehead atoms. The van der Waals surface area contributed by atoms with Crippen LogP contribution in [-0.4, -0.2) is 71.7 Å². The van der Waals surface area contributed by atoms with Crippen molar-refractivity contribution in [2.75, 3.05) is 39.3 Å². The van der Waals surface area contributed by atoms with Crippen LogP contribution in [0.25, 0.3) is 0 Å². The van der Waals surface area contributed by atoms with Crippen LogP contribution in [0.3, 0.4) is 0 Å². The van der Waals surface area contributed by atoms with Crippen LogP contribution in [-0.2, 0) is 20.8 Å². The number of rotatable bonds is 7. The van der Waals surface area contributed by atoms with Crippen LogP contribution in [0, 0.1) is 0 Å². The van der Waals surface area contributed by atoms with Crippen molar-refractivity contribution in [2.45, 2.75) is 33.1 Å². The van der Waals surface area contributed by atoms with E-state index in [0.29, 0.717) is 45.7 Å². The summed E-state index contributed by atoms with van der Waals surface area (Å²) in [4.78, 5) is 40.9. The molecule has 3 amide bonds. The van der Waals surface area contributed by atoms with Gasteiger partial charge in [0.2, 0.25) is 17.7 Å². The fraction of sp³-hybridized carbons (Fsp3) is 0.550. The first-order chi connectivity index (χ1) is 12.5. The predicted molar refractivity (Wildman–Crippen MR) is 100 cm³/mol. The van der Waals surface area contributed by atoms with Gasteiger partial charge in [0.05, 0.1) is 0 Å².